The summed E-state index contributed by atoms with van der Waals surface area (Å²) in [5.41, 5.74) is -1.24. The number of imidazole rings is 1. The number of amides is 1. The summed E-state index contributed by atoms with van der Waals surface area (Å²) in [6.45, 7) is 4.10. The second-order valence-corrected chi connectivity index (χ2v) is 7.03. The summed E-state index contributed by atoms with van der Waals surface area (Å²) in [7, 11) is 0. The molecule has 0 saturated heterocycles. The largest absolute Gasteiger partial charge is 0.487 e. The number of halogens is 3. The van der Waals surface area contributed by atoms with Crippen LogP contribution in [0.25, 0.3) is 0 Å². The molecule has 142 valence electrons. The number of benzene rings is 1. The normalized spacial score (nSPS) is 11.4. The van der Waals surface area contributed by atoms with Crippen molar-refractivity contribution in [1.29, 1.82) is 0 Å². The average molecular weight is 404 g/mol. The molecule has 0 radical (unpaired) electrons. The molecule has 0 aliphatic rings. The number of thioether (sulfide) groups is 1. The van der Waals surface area contributed by atoms with E-state index < -0.39 is 5.57 Å². The topological polar surface area (TPSA) is 67.0 Å². The number of alkyl halides is 3. The van der Waals surface area contributed by atoms with Crippen LogP contribution >= 0.6 is 23.4 Å². The zero-order valence-corrected chi connectivity index (χ0v) is 16.0. The van der Waals surface area contributed by atoms with Crippen molar-refractivity contribution in [3.63, 3.8) is 0 Å². The molecule has 1 aromatic carbocycles. The number of aromatic nitrogens is 2. The van der Waals surface area contributed by atoms with Crippen LogP contribution in [-0.2, 0) is 11.2 Å². The molecule has 0 aliphatic carbocycles. The van der Waals surface area contributed by atoms with Gasteiger partial charge in [-0.15, -0.1) is 8.78 Å². The van der Waals surface area contributed by atoms with Gasteiger partial charge in [0.1, 0.15) is 5.75 Å². The van der Waals surface area contributed by atoms with Gasteiger partial charge in [0, 0.05) is 23.0 Å². The van der Waals surface area contributed by atoms with Gasteiger partial charge in [-0.3, -0.25) is 4.79 Å². The van der Waals surface area contributed by atoms with Gasteiger partial charge >= 0.3 is 5.57 Å². The average Bonchev–Trinajstić information content (AvgIpc) is 2.91. The molecule has 0 aliphatic heterocycles. The Morgan fingerprint density at radius 2 is 2.08 bits per heavy atom. The third kappa shape index (κ3) is 6.84. The highest BCUT2D eigenvalue weighted by Crippen LogP contribution is 2.26. The Morgan fingerprint density at radius 3 is 2.69 bits per heavy atom. The molecular formula is C17H20ClF2N3O2S. The summed E-state index contributed by atoms with van der Waals surface area (Å²) in [5.74, 6) is -0.142. The minimum absolute atomic E-state index is 0.0944. The molecule has 2 N–H and O–H groups in total. The summed E-state index contributed by atoms with van der Waals surface area (Å²) in [6, 6.07) is 5.52. The number of hydrogen-bond donors (Lipinski definition) is 2. The molecule has 1 amide bonds. The number of carbonyl (C=O) groups is 1. The third-order valence-corrected chi connectivity index (χ3v) is 4.39. The van der Waals surface area contributed by atoms with E-state index in [1.165, 1.54) is 36.0 Å². The lowest BCUT2D eigenvalue weighted by Crippen LogP contribution is -2.16. The van der Waals surface area contributed by atoms with E-state index in [2.05, 4.69) is 26.9 Å². The number of nitrogens with zero attached hydrogens (tertiary/aromatic N) is 1. The zero-order chi connectivity index (χ0) is 19.2. The Kier molecular flexibility index (Phi) is 7.28. The number of nitrogens with one attached hydrogen (secondary N) is 2. The minimum atomic E-state index is -3.77. The highest BCUT2D eigenvalue weighted by atomic mass is 35.5. The Bertz CT molecular complexity index is 733. The van der Waals surface area contributed by atoms with Crippen LogP contribution in [0.15, 0.2) is 29.4 Å². The van der Waals surface area contributed by atoms with E-state index in [1.807, 2.05) is 6.92 Å². The number of H-pyrrole nitrogens is 1. The van der Waals surface area contributed by atoms with E-state index in [1.54, 1.807) is 0 Å². The van der Waals surface area contributed by atoms with Crippen LogP contribution < -0.4 is 10.1 Å². The van der Waals surface area contributed by atoms with Crippen LogP contribution in [0.3, 0.4) is 0 Å². The van der Waals surface area contributed by atoms with E-state index in [0.717, 1.165) is 30.7 Å². The molecule has 1 aromatic heterocycles. The molecule has 26 heavy (non-hydrogen) atoms. The summed E-state index contributed by atoms with van der Waals surface area (Å²) < 4.78 is 29.3. The van der Waals surface area contributed by atoms with Gasteiger partial charge in [-0.1, -0.05) is 25.1 Å². The van der Waals surface area contributed by atoms with Crippen molar-refractivity contribution in [1.82, 2.24) is 9.97 Å². The number of rotatable bonds is 9. The SMILES string of the molecule is CCCCc1nc(SCC(=O)Nc2ccc(OC(F)(F)Cl)cc2)[nH]c1C. The highest BCUT2D eigenvalue weighted by molar-refractivity contribution is 7.99. The molecule has 5 nitrogen and oxygen atoms in total. The van der Waals surface area contributed by atoms with Crippen LogP contribution in [-0.4, -0.2) is 27.2 Å². The maximum Gasteiger partial charge on any atom is 0.487 e. The number of carbonyl (C=O) groups excluding carboxylic acids is 1. The maximum absolute atomic E-state index is 12.5. The zero-order valence-electron chi connectivity index (χ0n) is 14.4. The van der Waals surface area contributed by atoms with Crippen LogP contribution in [0, 0.1) is 6.92 Å². The Morgan fingerprint density at radius 1 is 1.38 bits per heavy atom. The van der Waals surface area contributed by atoms with Crippen LogP contribution in [0.2, 0.25) is 0 Å². The fraction of sp³-hybridized carbons (Fsp3) is 0.412. The maximum atomic E-state index is 12.5. The summed E-state index contributed by atoms with van der Waals surface area (Å²) >= 11 is 6.00. The minimum Gasteiger partial charge on any atom is -0.420 e. The lowest BCUT2D eigenvalue weighted by molar-refractivity contribution is -0.113. The molecule has 1 heterocycles. The summed E-state index contributed by atoms with van der Waals surface area (Å²) in [4.78, 5) is 19.7. The lowest BCUT2D eigenvalue weighted by atomic mass is 10.2. The summed E-state index contributed by atoms with van der Waals surface area (Å²) in [6.07, 6.45) is 3.09. The van der Waals surface area contributed by atoms with E-state index in [0.29, 0.717) is 10.8 Å². The van der Waals surface area contributed by atoms with Crippen molar-refractivity contribution in [2.75, 3.05) is 11.1 Å². The van der Waals surface area contributed by atoms with Gasteiger partial charge < -0.3 is 15.0 Å². The van der Waals surface area contributed by atoms with Gasteiger partial charge in [-0.25, -0.2) is 4.98 Å². The molecule has 0 atom stereocenters. The van der Waals surface area contributed by atoms with Crippen molar-refractivity contribution in [2.45, 2.75) is 43.8 Å². The monoisotopic (exact) mass is 403 g/mol. The van der Waals surface area contributed by atoms with Gasteiger partial charge in [0.2, 0.25) is 5.91 Å². The van der Waals surface area contributed by atoms with Gasteiger partial charge in [0.15, 0.2) is 5.16 Å². The molecule has 0 saturated carbocycles. The fourth-order valence-electron chi connectivity index (χ4n) is 2.19. The molecule has 0 bridgehead atoms. The number of aryl methyl sites for hydroxylation is 2. The molecule has 0 spiro atoms. The van der Waals surface area contributed by atoms with Crippen LogP contribution in [0.4, 0.5) is 14.5 Å². The predicted molar refractivity (Wildman–Crippen MR) is 99.2 cm³/mol. The second-order valence-electron chi connectivity index (χ2n) is 5.63. The molecule has 2 aromatic rings. The van der Waals surface area contributed by atoms with Crippen molar-refractivity contribution < 1.29 is 18.3 Å². The number of aromatic amines is 1. The highest BCUT2D eigenvalue weighted by Gasteiger charge is 2.27. The van der Waals surface area contributed by atoms with Gasteiger partial charge in [0.05, 0.1) is 11.4 Å². The predicted octanol–water partition coefficient (Wildman–Crippen LogP) is 4.96. The van der Waals surface area contributed by atoms with E-state index in [-0.39, 0.29) is 17.4 Å². The van der Waals surface area contributed by atoms with Gasteiger partial charge in [-0.2, -0.15) is 0 Å². The van der Waals surface area contributed by atoms with Gasteiger partial charge in [0.25, 0.3) is 0 Å². The molecule has 9 heteroatoms. The lowest BCUT2D eigenvalue weighted by Gasteiger charge is -2.11. The first kappa shape index (κ1) is 20.5. The smallest absolute Gasteiger partial charge is 0.420 e. The van der Waals surface area contributed by atoms with E-state index in [9.17, 15) is 13.6 Å². The molecule has 2 rings (SSSR count). The number of ether oxygens (including phenoxy) is 1. The van der Waals surface area contributed by atoms with Crippen LogP contribution in [0.1, 0.15) is 31.2 Å². The Labute approximate surface area is 159 Å². The van der Waals surface area contributed by atoms with Gasteiger partial charge in [-0.05, 0) is 44.0 Å². The number of unbranched alkanes of at least 4 members (excludes halogenated alkanes) is 1. The first-order valence-electron chi connectivity index (χ1n) is 8.10. The fourth-order valence-corrected chi connectivity index (χ4v) is 3.02. The summed E-state index contributed by atoms with van der Waals surface area (Å²) in [5, 5.41) is 3.39. The number of anilines is 1. The van der Waals surface area contributed by atoms with Crippen molar-refractivity contribution >= 4 is 35.0 Å². The van der Waals surface area contributed by atoms with Crippen molar-refractivity contribution in [3.05, 3.63) is 35.7 Å². The third-order valence-electron chi connectivity index (χ3n) is 3.44. The second kappa shape index (κ2) is 9.23. The standard InChI is InChI=1S/C17H20ClF2N3O2S/c1-3-4-5-14-11(2)21-16(23-14)26-10-15(24)22-12-6-8-13(9-7-12)25-17(18,19)20/h6-9H,3-5,10H2,1-2H3,(H,21,23)(H,22,24). The molecule has 0 fully saturated rings. The quantitative estimate of drug-likeness (QED) is 0.458. The Balaban J connectivity index is 1.83. The van der Waals surface area contributed by atoms with Crippen molar-refractivity contribution in [2.24, 2.45) is 0 Å². The number of hydrogen-bond acceptors (Lipinski definition) is 4. The molecule has 0 unspecified atom stereocenters. The molecular weight excluding hydrogens is 384 g/mol. The van der Waals surface area contributed by atoms with Crippen molar-refractivity contribution in [3.8, 4) is 5.75 Å². The Hall–Kier alpha value is -1.80. The van der Waals surface area contributed by atoms with E-state index >= 15 is 0 Å². The van der Waals surface area contributed by atoms with Crippen LogP contribution in [0.5, 0.6) is 5.75 Å². The van der Waals surface area contributed by atoms with E-state index in [4.69, 9.17) is 11.6 Å². The first-order chi connectivity index (χ1) is 12.3. The first-order valence-corrected chi connectivity index (χ1v) is 9.47.